The van der Waals surface area contributed by atoms with Crippen molar-refractivity contribution in [1.29, 1.82) is 0 Å². The Balaban J connectivity index is 1.37. The molecule has 3 aliphatic rings. The highest BCUT2D eigenvalue weighted by Crippen LogP contribution is 2.40. The number of amides is 4. The molecule has 0 spiro atoms. The van der Waals surface area contributed by atoms with Gasteiger partial charge < -0.3 is 20.9 Å². The first-order valence-corrected chi connectivity index (χ1v) is 11.2. The van der Waals surface area contributed by atoms with E-state index >= 15 is 0 Å². The monoisotopic (exact) mass is 412 g/mol. The van der Waals surface area contributed by atoms with Crippen LogP contribution in [0.4, 0.5) is 10.5 Å². The lowest BCUT2D eigenvalue weighted by molar-refractivity contribution is -0.141. The largest absolute Gasteiger partial charge is 0.349 e. The van der Waals surface area contributed by atoms with Crippen molar-refractivity contribution in [2.45, 2.75) is 70.0 Å². The second-order valence-electron chi connectivity index (χ2n) is 9.07. The Hall–Kier alpha value is -2.57. The van der Waals surface area contributed by atoms with E-state index < -0.39 is 0 Å². The van der Waals surface area contributed by atoms with Gasteiger partial charge in [-0.25, -0.2) is 4.79 Å². The Kier molecular flexibility index (Phi) is 5.97. The minimum absolute atomic E-state index is 0.0793. The fourth-order valence-corrected chi connectivity index (χ4v) is 5.56. The van der Waals surface area contributed by atoms with Gasteiger partial charge in [-0.2, -0.15) is 0 Å². The highest BCUT2D eigenvalue weighted by atomic mass is 16.2. The van der Waals surface area contributed by atoms with Gasteiger partial charge in [-0.05, 0) is 62.6 Å². The predicted molar refractivity (Wildman–Crippen MR) is 115 cm³/mol. The maximum absolute atomic E-state index is 13.2. The summed E-state index contributed by atoms with van der Waals surface area (Å²) in [6.07, 6.45) is 7.07. The standard InChI is InChI=1S/C23H32N4O3/c1-14-5-3-8-20(14)22(29)27-18-9-10-19(27)13-17(12-18)25-21(28)15-6-4-7-16(11-15)26-23(30)24-2/h4,6-7,11,14,17-20H,3,5,8-10,12-13H2,1-2H3,(H,25,28)(H2,24,26,30)/t14-,17?,18-,19+,20-/m1/s1. The van der Waals surface area contributed by atoms with Crippen LogP contribution in [0.5, 0.6) is 0 Å². The average Bonchev–Trinajstić information content (AvgIpc) is 3.28. The number of fused-ring (bicyclic) bond motifs is 2. The smallest absolute Gasteiger partial charge is 0.318 e. The lowest BCUT2D eigenvalue weighted by Crippen LogP contribution is -2.54. The molecule has 4 amide bonds. The molecule has 4 rings (SSSR count). The molecule has 1 aliphatic carbocycles. The summed E-state index contributed by atoms with van der Waals surface area (Å²) < 4.78 is 0. The van der Waals surface area contributed by atoms with Crippen molar-refractivity contribution < 1.29 is 14.4 Å². The molecule has 1 unspecified atom stereocenters. The molecule has 7 nitrogen and oxygen atoms in total. The molecule has 2 heterocycles. The first kappa shape index (κ1) is 20.7. The molecule has 1 aromatic carbocycles. The van der Waals surface area contributed by atoms with Gasteiger partial charge in [-0.15, -0.1) is 0 Å². The number of nitrogens with one attached hydrogen (secondary N) is 3. The van der Waals surface area contributed by atoms with Crippen LogP contribution in [0, 0.1) is 11.8 Å². The van der Waals surface area contributed by atoms with Gasteiger partial charge in [0.15, 0.2) is 0 Å². The first-order chi connectivity index (χ1) is 14.5. The third kappa shape index (κ3) is 4.16. The molecule has 3 fully saturated rings. The van der Waals surface area contributed by atoms with Crippen LogP contribution >= 0.6 is 0 Å². The molecule has 162 valence electrons. The number of carbonyl (C=O) groups excluding carboxylic acids is 3. The number of urea groups is 1. The fraction of sp³-hybridized carbons (Fsp3) is 0.609. The van der Waals surface area contributed by atoms with Gasteiger partial charge in [-0.1, -0.05) is 19.4 Å². The topological polar surface area (TPSA) is 90.5 Å². The summed E-state index contributed by atoms with van der Waals surface area (Å²) in [5.74, 6) is 0.897. The third-order valence-electron chi connectivity index (χ3n) is 7.11. The number of hydrogen-bond donors (Lipinski definition) is 3. The zero-order valence-corrected chi connectivity index (χ0v) is 17.8. The van der Waals surface area contributed by atoms with Gasteiger partial charge in [0, 0.05) is 42.3 Å². The number of rotatable bonds is 4. The van der Waals surface area contributed by atoms with Crippen molar-refractivity contribution >= 4 is 23.5 Å². The first-order valence-electron chi connectivity index (χ1n) is 11.2. The highest BCUT2D eigenvalue weighted by molar-refractivity contribution is 5.97. The van der Waals surface area contributed by atoms with Crippen molar-refractivity contribution in [2.24, 2.45) is 11.8 Å². The molecule has 7 heteroatoms. The van der Waals surface area contributed by atoms with Crippen molar-refractivity contribution in [3.8, 4) is 0 Å². The molecule has 2 saturated heterocycles. The van der Waals surface area contributed by atoms with E-state index in [1.165, 1.54) is 0 Å². The van der Waals surface area contributed by atoms with Crippen molar-refractivity contribution in [2.75, 3.05) is 12.4 Å². The molecule has 2 bridgehead atoms. The summed E-state index contributed by atoms with van der Waals surface area (Å²) in [7, 11) is 1.55. The third-order valence-corrected chi connectivity index (χ3v) is 7.11. The number of hydrogen-bond acceptors (Lipinski definition) is 3. The predicted octanol–water partition coefficient (Wildman–Crippen LogP) is 3.13. The summed E-state index contributed by atoms with van der Waals surface area (Å²) in [4.78, 5) is 39.6. The Morgan fingerprint density at radius 2 is 1.77 bits per heavy atom. The zero-order chi connectivity index (χ0) is 21.3. The summed E-state index contributed by atoms with van der Waals surface area (Å²) in [5, 5.41) is 8.35. The average molecular weight is 413 g/mol. The Morgan fingerprint density at radius 3 is 2.40 bits per heavy atom. The van der Waals surface area contributed by atoms with E-state index in [9.17, 15) is 14.4 Å². The number of piperidine rings is 1. The lowest BCUT2D eigenvalue weighted by atomic mass is 9.91. The molecular formula is C23H32N4O3. The second-order valence-corrected chi connectivity index (χ2v) is 9.07. The fourth-order valence-electron chi connectivity index (χ4n) is 5.56. The van der Waals surface area contributed by atoms with Gasteiger partial charge in [0.25, 0.3) is 5.91 Å². The van der Waals surface area contributed by atoms with Crippen LogP contribution in [0.15, 0.2) is 24.3 Å². The molecule has 1 saturated carbocycles. The Bertz CT molecular complexity index is 812. The van der Waals surface area contributed by atoms with Crippen LogP contribution in [0.2, 0.25) is 0 Å². The minimum atomic E-state index is -0.322. The number of nitrogens with zero attached hydrogens (tertiary/aromatic N) is 1. The molecule has 2 aliphatic heterocycles. The summed E-state index contributed by atoms with van der Waals surface area (Å²) in [6, 6.07) is 7.19. The number of benzene rings is 1. The quantitative estimate of drug-likeness (QED) is 0.710. The van der Waals surface area contributed by atoms with E-state index in [0.717, 1.165) is 44.9 Å². The van der Waals surface area contributed by atoms with Gasteiger partial charge in [-0.3, -0.25) is 9.59 Å². The minimum Gasteiger partial charge on any atom is -0.349 e. The number of anilines is 1. The summed E-state index contributed by atoms with van der Waals surface area (Å²) in [5.41, 5.74) is 1.10. The van der Waals surface area contributed by atoms with E-state index in [0.29, 0.717) is 23.1 Å². The van der Waals surface area contributed by atoms with Crippen molar-refractivity contribution in [1.82, 2.24) is 15.5 Å². The second kappa shape index (κ2) is 8.66. The highest BCUT2D eigenvalue weighted by Gasteiger charge is 2.46. The maximum atomic E-state index is 13.2. The van der Waals surface area contributed by atoms with Crippen LogP contribution in [-0.2, 0) is 4.79 Å². The molecular weight excluding hydrogens is 380 g/mol. The molecule has 5 atom stereocenters. The molecule has 3 N–H and O–H groups in total. The Labute approximate surface area is 178 Å². The van der Waals surface area contributed by atoms with Crippen LogP contribution in [0.1, 0.15) is 62.2 Å². The Morgan fingerprint density at radius 1 is 1.03 bits per heavy atom. The van der Waals surface area contributed by atoms with Gasteiger partial charge in [0.05, 0.1) is 0 Å². The van der Waals surface area contributed by atoms with Crippen LogP contribution in [0.3, 0.4) is 0 Å². The molecule has 0 radical (unpaired) electrons. The van der Waals surface area contributed by atoms with Crippen LogP contribution in [0.25, 0.3) is 0 Å². The van der Waals surface area contributed by atoms with Gasteiger partial charge in [0.1, 0.15) is 0 Å². The number of carbonyl (C=O) groups is 3. The molecule has 1 aromatic rings. The van der Waals surface area contributed by atoms with Crippen molar-refractivity contribution in [3.05, 3.63) is 29.8 Å². The van der Waals surface area contributed by atoms with Crippen molar-refractivity contribution in [3.63, 3.8) is 0 Å². The van der Waals surface area contributed by atoms with Crippen LogP contribution < -0.4 is 16.0 Å². The van der Waals surface area contributed by atoms with E-state index in [-0.39, 0.29) is 36.0 Å². The molecule has 30 heavy (non-hydrogen) atoms. The van der Waals surface area contributed by atoms with E-state index in [1.807, 2.05) is 0 Å². The van der Waals surface area contributed by atoms with E-state index in [4.69, 9.17) is 0 Å². The summed E-state index contributed by atoms with van der Waals surface area (Å²) in [6.45, 7) is 2.21. The zero-order valence-electron chi connectivity index (χ0n) is 17.8. The SMILES string of the molecule is CNC(=O)Nc1cccc(C(=O)NC2C[C@H]3CC[C@@H](C2)N3C(=O)[C@@H]2CCC[C@H]2C)c1. The summed E-state index contributed by atoms with van der Waals surface area (Å²) >= 11 is 0. The van der Waals surface area contributed by atoms with Gasteiger partial charge in [0.2, 0.25) is 5.91 Å². The van der Waals surface area contributed by atoms with Crippen LogP contribution in [-0.4, -0.2) is 47.9 Å². The molecule has 0 aromatic heterocycles. The normalized spacial score (nSPS) is 30.1. The van der Waals surface area contributed by atoms with E-state index in [1.54, 1.807) is 31.3 Å². The lowest BCUT2D eigenvalue weighted by Gasteiger charge is -2.41. The van der Waals surface area contributed by atoms with E-state index in [2.05, 4.69) is 27.8 Å². The van der Waals surface area contributed by atoms with Gasteiger partial charge >= 0.3 is 6.03 Å². The maximum Gasteiger partial charge on any atom is 0.318 e.